The standard InChI is InChI=1S/C18H14ClN5O4S/c1-9-4-13(22-15-11-3-2-10(19)5-12(11)20-8-21-15)17(26)24-14(9)16(25)23-18(24)6-29(27,28)7-18/h2-5,8H,6-7H2,1H3,(H,23,25)(H,20,21,22). The van der Waals surface area contributed by atoms with Gasteiger partial charge in [0.15, 0.2) is 9.84 Å². The van der Waals surface area contributed by atoms with Gasteiger partial charge in [0.2, 0.25) is 0 Å². The van der Waals surface area contributed by atoms with Gasteiger partial charge in [-0.15, -0.1) is 0 Å². The highest BCUT2D eigenvalue weighted by Crippen LogP contribution is 2.35. The normalized spacial score (nSPS) is 18.3. The number of amides is 1. The number of nitrogens with zero attached hydrogens (tertiary/aromatic N) is 3. The zero-order valence-electron chi connectivity index (χ0n) is 15.1. The molecule has 4 heterocycles. The van der Waals surface area contributed by atoms with Crippen LogP contribution in [0.1, 0.15) is 16.1 Å². The topological polar surface area (TPSA) is 123 Å². The van der Waals surface area contributed by atoms with E-state index in [2.05, 4.69) is 20.6 Å². The average molecular weight is 432 g/mol. The van der Waals surface area contributed by atoms with E-state index in [0.29, 0.717) is 27.3 Å². The van der Waals surface area contributed by atoms with Crippen molar-refractivity contribution in [2.45, 2.75) is 12.6 Å². The van der Waals surface area contributed by atoms with E-state index in [0.717, 1.165) is 0 Å². The molecule has 9 nitrogen and oxygen atoms in total. The highest BCUT2D eigenvalue weighted by Gasteiger charge is 2.57. The predicted octanol–water partition coefficient (Wildman–Crippen LogP) is 1.32. The van der Waals surface area contributed by atoms with Crippen LogP contribution >= 0.6 is 11.6 Å². The molecule has 29 heavy (non-hydrogen) atoms. The van der Waals surface area contributed by atoms with Crippen LogP contribution in [0.2, 0.25) is 5.02 Å². The monoisotopic (exact) mass is 431 g/mol. The van der Waals surface area contributed by atoms with Crippen molar-refractivity contribution in [3.63, 3.8) is 0 Å². The number of nitrogens with one attached hydrogen (secondary N) is 2. The van der Waals surface area contributed by atoms with Crippen LogP contribution in [0.3, 0.4) is 0 Å². The number of hydrogen-bond donors (Lipinski definition) is 2. The lowest BCUT2D eigenvalue weighted by Gasteiger charge is -2.38. The van der Waals surface area contributed by atoms with Crippen molar-refractivity contribution >= 4 is 49.8 Å². The van der Waals surface area contributed by atoms with Gasteiger partial charge in [-0.25, -0.2) is 18.4 Å². The molecule has 2 N–H and O–H groups in total. The van der Waals surface area contributed by atoms with E-state index in [9.17, 15) is 18.0 Å². The first kappa shape index (κ1) is 18.1. The Labute approximate surface area is 169 Å². The summed E-state index contributed by atoms with van der Waals surface area (Å²) in [5.74, 6) is -0.674. The number of carbonyl (C=O) groups excluding carboxylic acids is 1. The number of benzene rings is 1. The molecular weight excluding hydrogens is 418 g/mol. The van der Waals surface area contributed by atoms with E-state index >= 15 is 0 Å². The van der Waals surface area contributed by atoms with Crippen molar-refractivity contribution < 1.29 is 13.2 Å². The molecule has 2 aliphatic heterocycles. The molecule has 2 aromatic heterocycles. The number of sulfone groups is 1. The molecule has 1 aromatic carbocycles. The Hall–Kier alpha value is -2.98. The Morgan fingerprint density at radius 2 is 1.97 bits per heavy atom. The number of anilines is 2. The van der Waals surface area contributed by atoms with Gasteiger partial charge in [-0.05, 0) is 36.8 Å². The summed E-state index contributed by atoms with van der Waals surface area (Å²) in [6.07, 6.45) is 1.35. The van der Waals surface area contributed by atoms with Crippen LogP contribution < -0.4 is 16.2 Å². The number of aryl methyl sites for hydroxylation is 1. The van der Waals surface area contributed by atoms with Crippen molar-refractivity contribution in [3.8, 4) is 0 Å². The van der Waals surface area contributed by atoms with Crippen LogP contribution in [-0.2, 0) is 15.5 Å². The van der Waals surface area contributed by atoms with Gasteiger partial charge in [-0.3, -0.25) is 14.2 Å². The first-order valence-electron chi connectivity index (χ1n) is 8.66. The molecule has 1 spiro atoms. The van der Waals surface area contributed by atoms with Gasteiger partial charge in [0, 0.05) is 10.4 Å². The summed E-state index contributed by atoms with van der Waals surface area (Å²) >= 11 is 6.01. The summed E-state index contributed by atoms with van der Waals surface area (Å²) in [4.78, 5) is 34.0. The van der Waals surface area contributed by atoms with Gasteiger partial charge in [-0.1, -0.05) is 11.6 Å². The number of hydrogen-bond acceptors (Lipinski definition) is 7. The summed E-state index contributed by atoms with van der Waals surface area (Å²) in [5, 5.41) is 6.87. The minimum absolute atomic E-state index is 0.176. The van der Waals surface area contributed by atoms with E-state index in [4.69, 9.17) is 11.6 Å². The average Bonchev–Trinajstić information content (AvgIpc) is 2.91. The number of carbonyl (C=O) groups is 1. The fourth-order valence-electron chi connectivity index (χ4n) is 3.99. The quantitative estimate of drug-likeness (QED) is 0.627. The van der Waals surface area contributed by atoms with E-state index < -0.39 is 27.0 Å². The number of aromatic nitrogens is 3. The summed E-state index contributed by atoms with van der Waals surface area (Å²) in [7, 11) is -3.30. The van der Waals surface area contributed by atoms with Gasteiger partial charge in [-0.2, -0.15) is 0 Å². The molecule has 2 aliphatic rings. The van der Waals surface area contributed by atoms with Gasteiger partial charge in [0.1, 0.15) is 29.2 Å². The lowest BCUT2D eigenvalue weighted by molar-refractivity contribution is 0.0931. The molecule has 5 rings (SSSR count). The SMILES string of the molecule is Cc1cc(Nc2ncnc3cc(Cl)ccc23)c(=O)n2c1C(=O)NC21CS(=O)(=O)C1. The van der Waals surface area contributed by atoms with Crippen molar-refractivity contribution in [2.75, 3.05) is 16.8 Å². The summed E-state index contributed by atoms with van der Waals surface area (Å²) in [6, 6.07) is 6.67. The van der Waals surface area contributed by atoms with Crippen LogP contribution in [0.15, 0.2) is 35.4 Å². The lowest BCUT2D eigenvalue weighted by Crippen LogP contribution is -2.64. The van der Waals surface area contributed by atoms with Crippen LogP contribution in [0.5, 0.6) is 0 Å². The molecule has 11 heteroatoms. The molecule has 0 atom stereocenters. The maximum Gasteiger partial charge on any atom is 0.276 e. The highest BCUT2D eigenvalue weighted by molar-refractivity contribution is 7.92. The molecule has 1 amide bonds. The molecule has 0 radical (unpaired) electrons. The Bertz CT molecular complexity index is 1390. The Morgan fingerprint density at radius 1 is 1.21 bits per heavy atom. The fraction of sp³-hybridized carbons (Fsp3) is 0.222. The third-order valence-corrected chi connectivity index (χ3v) is 7.22. The molecular formula is C18H14ClN5O4S. The zero-order valence-corrected chi connectivity index (χ0v) is 16.6. The minimum Gasteiger partial charge on any atom is -0.335 e. The Kier molecular flexibility index (Phi) is 3.60. The van der Waals surface area contributed by atoms with E-state index in [1.54, 1.807) is 31.2 Å². The van der Waals surface area contributed by atoms with Crippen LogP contribution in [-0.4, -0.2) is 40.4 Å². The van der Waals surface area contributed by atoms with Crippen LogP contribution in [0, 0.1) is 6.92 Å². The van der Waals surface area contributed by atoms with Crippen molar-refractivity contribution in [1.29, 1.82) is 0 Å². The van der Waals surface area contributed by atoms with Gasteiger partial charge in [0.05, 0.1) is 17.0 Å². The van der Waals surface area contributed by atoms with Crippen molar-refractivity contribution in [3.05, 3.63) is 57.2 Å². The third-order valence-electron chi connectivity index (χ3n) is 5.15. The minimum atomic E-state index is -3.30. The van der Waals surface area contributed by atoms with E-state index in [1.807, 2.05) is 0 Å². The van der Waals surface area contributed by atoms with Crippen molar-refractivity contribution in [2.24, 2.45) is 0 Å². The smallest absolute Gasteiger partial charge is 0.276 e. The van der Waals surface area contributed by atoms with E-state index in [-0.39, 0.29) is 22.9 Å². The maximum atomic E-state index is 13.2. The van der Waals surface area contributed by atoms with Gasteiger partial charge in [0.25, 0.3) is 11.5 Å². The predicted molar refractivity (Wildman–Crippen MR) is 107 cm³/mol. The number of pyridine rings is 1. The molecule has 0 unspecified atom stereocenters. The first-order chi connectivity index (χ1) is 13.7. The molecule has 0 saturated carbocycles. The molecule has 0 aliphatic carbocycles. The number of halogens is 1. The van der Waals surface area contributed by atoms with Crippen molar-refractivity contribution in [1.82, 2.24) is 19.9 Å². The Morgan fingerprint density at radius 3 is 2.69 bits per heavy atom. The van der Waals surface area contributed by atoms with E-state index in [1.165, 1.54) is 10.9 Å². The van der Waals surface area contributed by atoms with Gasteiger partial charge < -0.3 is 10.6 Å². The molecule has 0 bridgehead atoms. The lowest BCUT2D eigenvalue weighted by atomic mass is 10.1. The third kappa shape index (κ3) is 2.63. The second-order valence-corrected chi connectivity index (χ2v) is 9.76. The van der Waals surface area contributed by atoms with Crippen LogP contribution in [0.25, 0.3) is 10.9 Å². The Balaban J connectivity index is 1.66. The fourth-order valence-corrected chi connectivity index (χ4v) is 5.93. The molecule has 148 valence electrons. The largest absolute Gasteiger partial charge is 0.335 e. The summed E-state index contributed by atoms with van der Waals surface area (Å²) in [5.41, 5.74) is -0.222. The second kappa shape index (κ2) is 5.77. The van der Waals surface area contributed by atoms with Crippen LogP contribution in [0.4, 0.5) is 11.5 Å². The molecule has 1 saturated heterocycles. The maximum absolute atomic E-state index is 13.2. The highest BCUT2D eigenvalue weighted by atomic mass is 35.5. The molecule has 1 fully saturated rings. The number of rotatable bonds is 2. The van der Waals surface area contributed by atoms with Gasteiger partial charge >= 0.3 is 0 Å². The summed E-state index contributed by atoms with van der Waals surface area (Å²) in [6.45, 7) is 1.69. The number of fused-ring (bicyclic) bond motifs is 3. The second-order valence-electron chi connectivity index (χ2n) is 7.26. The molecule has 3 aromatic rings. The zero-order chi connectivity index (χ0) is 20.6. The summed E-state index contributed by atoms with van der Waals surface area (Å²) < 4.78 is 24.9. The first-order valence-corrected chi connectivity index (χ1v) is 10.9.